The van der Waals surface area contributed by atoms with Crippen molar-refractivity contribution in [2.24, 2.45) is 0 Å². The van der Waals surface area contributed by atoms with Gasteiger partial charge in [-0.2, -0.15) is 5.10 Å². The highest BCUT2D eigenvalue weighted by Gasteiger charge is 2.06. The van der Waals surface area contributed by atoms with Crippen molar-refractivity contribution in [2.45, 2.75) is 20.4 Å². The second kappa shape index (κ2) is 5.64. The van der Waals surface area contributed by atoms with Crippen LogP contribution in [-0.2, 0) is 11.3 Å². The third-order valence-corrected chi connectivity index (χ3v) is 2.76. The Hall–Kier alpha value is -2.50. The molecule has 0 bridgehead atoms. The second-order valence-corrected chi connectivity index (χ2v) is 4.39. The summed E-state index contributed by atoms with van der Waals surface area (Å²) in [6.45, 7) is 4.10. The number of aryl methyl sites for hydroxylation is 2. The fraction of sp³-hybridized carbons (Fsp3) is 0.214. The Labute approximate surface area is 115 Å². The van der Waals surface area contributed by atoms with Crippen LogP contribution in [0.25, 0.3) is 6.08 Å². The van der Waals surface area contributed by atoms with Crippen molar-refractivity contribution >= 4 is 12.0 Å². The van der Waals surface area contributed by atoms with E-state index in [9.17, 15) is 9.18 Å². The fourth-order valence-corrected chi connectivity index (χ4v) is 1.86. The molecule has 0 unspecified atom stereocenters. The number of aliphatic carboxylic acids is 1. The highest BCUT2D eigenvalue weighted by molar-refractivity contribution is 5.85. The number of nitrogens with zero attached hydrogens (tertiary/aromatic N) is 3. The van der Waals surface area contributed by atoms with Crippen molar-refractivity contribution in [3.63, 3.8) is 0 Å². The number of aromatic nitrogens is 3. The number of carboxylic acid groups (broad SMARTS) is 1. The third kappa shape index (κ3) is 3.28. The van der Waals surface area contributed by atoms with Gasteiger partial charge >= 0.3 is 5.97 Å². The SMILES string of the molecule is Cc1nc(C)n(Cc2ccc(F)c(C=CC(=O)O)c2)n1. The molecule has 1 aromatic carbocycles. The highest BCUT2D eigenvalue weighted by Crippen LogP contribution is 2.14. The van der Waals surface area contributed by atoms with E-state index in [2.05, 4.69) is 10.1 Å². The minimum Gasteiger partial charge on any atom is -0.478 e. The van der Waals surface area contributed by atoms with Crippen molar-refractivity contribution in [3.8, 4) is 0 Å². The molecule has 6 heteroatoms. The summed E-state index contributed by atoms with van der Waals surface area (Å²) in [6, 6.07) is 4.56. The van der Waals surface area contributed by atoms with Gasteiger partial charge in [-0.25, -0.2) is 18.9 Å². The van der Waals surface area contributed by atoms with Gasteiger partial charge in [0.1, 0.15) is 17.5 Å². The van der Waals surface area contributed by atoms with Crippen LogP contribution >= 0.6 is 0 Å². The van der Waals surface area contributed by atoms with Crippen molar-refractivity contribution in [2.75, 3.05) is 0 Å². The lowest BCUT2D eigenvalue weighted by atomic mass is 10.1. The zero-order valence-corrected chi connectivity index (χ0v) is 11.2. The normalized spacial score (nSPS) is 11.2. The monoisotopic (exact) mass is 275 g/mol. The van der Waals surface area contributed by atoms with Gasteiger partial charge in [-0.3, -0.25) is 0 Å². The van der Waals surface area contributed by atoms with Crippen LogP contribution in [0.15, 0.2) is 24.3 Å². The van der Waals surface area contributed by atoms with Gasteiger partial charge in [-0.1, -0.05) is 6.07 Å². The molecule has 0 amide bonds. The summed E-state index contributed by atoms with van der Waals surface area (Å²) in [4.78, 5) is 14.7. The second-order valence-electron chi connectivity index (χ2n) is 4.39. The molecule has 0 saturated heterocycles. The first kappa shape index (κ1) is 13.9. The number of hydrogen-bond donors (Lipinski definition) is 1. The quantitative estimate of drug-likeness (QED) is 0.868. The Balaban J connectivity index is 2.27. The minimum atomic E-state index is -1.11. The zero-order chi connectivity index (χ0) is 14.7. The van der Waals surface area contributed by atoms with Gasteiger partial charge in [0.25, 0.3) is 0 Å². The van der Waals surface area contributed by atoms with E-state index in [0.29, 0.717) is 12.4 Å². The van der Waals surface area contributed by atoms with Crippen LogP contribution < -0.4 is 0 Å². The molecule has 2 rings (SSSR count). The smallest absolute Gasteiger partial charge is 0.328 e. The van der Waals surface area contributed by atoms with Gasteiger partial charge in [0, 0.05) is 11.6 Å². The molecule has 20 heavy (non-hydrogen) atoms. The van der Waals surface area contributed by atoms with Gasteiger partial charge in [-0.05, 0) is 37.6 Å². The Kier molecular flexibility index (Phi) is 3.93. The summed E-state index contributed by atoms with van der Waals surface area (Å²) >= 11 is 0. The molecule has 0 aliphatic heterocycles. The first-order chi connectivity index (χ1) is 9.45. The lowest BCUT2D eigenvalue weighted by Gasteiger charge is -2.05. The molecular weight excluding hydrogens is 261 g/mol. The first-order valence-electron chi connectivity index (χ1n) is 6.03. The first-order valence-corrected chi connectivity index (χ1v) is 6.03. The largest absolute Gasteiger partial charge is 0.478 e. The van der Waals surface area contributed by atoms with Crippen molar-refractivity contribution in [3.05, 3.63) is 52.9 Å². The van der Waals surface area contributed by atoms with E-state index in [1.165, 1.54) is 12.1 Å². The summed E-state index contributed by atoms with van der Waals surface area (Å²) in [6.07, 6.45) is 2.15. The number of rotatable bonds is 4. The Morgan fingerprint density at radius 3 is 2.80 bits per heavy atom. The van der Waals surface area contributed by atoms with Gasteiger partial charge in [0.2, 0.25) is 0 Å². The summed E-state index contributed by atoms with van der Waals surface area (Å²) in [5.74, 6) is -0.125. The molecule has 0 aliphatic rings. The number of benzene rings is 1. The summed E-state index contributed by atoms with van der Waals surface area (Å²) in [7, 11) is 0. The van der Waals surface area contributed by atoms with E-state index < -0.39 is 11.8 Å². The van der Waals surface area contributed by atoms with Gasteiger partial charge in [0.05, 0.1) is 6.54 Å². The van der Waals surface area contributed by atoms with E-state index in [4.69, 9.17) is 5.11 Å². The van der Waals surface area contributed by atoms with E-state index in [1.807, 2.05) is 6.92 Å². The Bertz CT molecular complexity index is 677. The molecular formula is C14H14FN3O2. The number of halogens is 1. The Morgan fingerprint density at radius 1 is 1.45 bits per heavy atom. The predicted octanol–water partition coefficient (Wildman–Crippen LogP) is 2.18. The zero-order valence-electron chi connectivity index (χ0n) is 11.2. The molecule has 1 aromatic heterocycles. The van der Waals surface area contributed by atoms with Crippen molar-refractivity contribution in [1.82, 2.24) is 14.8 Å². The molecule has 0 atom stereocenters. The molecule has 0 aliphatic carbocycles. The van der Waals surface area contributed by atoms with Crippen LogP contribution in [0.4, 0.5) is 4.39 Å². The maximum Gasteiger partial charge on any atom is 0.328 e. The molecule has 1 heterocycles. The summed E-state index contributed by atoms with van der Waals surface area (Å²) in [5, 5.41) is 12.8. The van der Waals surface area contributed by atoms with Gasteiger partial charge in [-0.15, -0.1) is 0 Å². The number of carboxylic acids is 1. The molecule has 0 saturated carbocycles. The van der Waals surface area contributed by atoms with Crippen LogP contribution in [0.3, 0.4) is 0 Å². The van der Waals surface area contributed by atoms with E-state index in [1.54, 1.807) is 23.7 Å². The Morgan fingerprint density at radius 2 is 2.20 bits per heavy atom. The van der Waals surface area contributed by atoms with Crippen LogP contribution in [-0.4, -0.2) is 25.8 Å². The predicted molar refractivity (Wildman–Crippen MR) is 71.7 cm³/mol. The lowest BCUT2D eigenvalue weighted by Crippen LogP contribution is -2.04. The maximum absolute atomic E-state index is 13.6. The standard InChI is InChI=1S/C14H14FN3O2/c1-9-16-10(2)18(17-9)8-11-3-5-13(15)12(7-11)4-6-14(19)20/h3-7H,8H2,1-2H3,(H,19,20). The molecule has 0 fully saturated rings. The van der Waals surface area contributed by atoms with E-state index in [-0.39, 0.29) is 5.56 Å². The van der Waals surface area contributed by atoms with E-state index in [0.717, 1.165) is 17.5 Å². The van der Waals surface area contributed by atoms with E-state index >= 15 is 0 Å². The fourth-order valence-electron chi connectivity index (χ4n) is 1.86. The van der Waals surface area contributed by atoms with Crippen molar-refractivity contribution < 1.29 is 14.3 Å². The third-order valence-electron chi connectivity index (χ3n) is 2.76. The number of carbonyl (C=O) groups is 1. The molecule has 1 N–H and O–H groups in total. The topological polar surface area (TPSA) is 68.0 Å². The molecule has 0 radical (unpaired) electrons. The van der Waals surface area contributed by atoms with Crippen LogP contribution in [0.1, 0.15) is 22.8 Å². The lowest BCUT2D eigenvalue weighted by molar-refractivity contribution is -0.131. The average Bonchev–Trinajstić information content (AvgIpc) is 2.68. The molecule has 5 nitrogen and oxygen atoms in total. The van der Waals surface area contributed by atoms with Gasteiger partial charge < -0.3 is 5.11 Å². The molecule has 2 aromatic rings. The van der Waals surface area contributed by atoms with Crippen LogP contribution in [0, 0.1) is 19.7 Å². The van der Waals surface area contributed by atoms with Crippen molar-refractivity contribution in [1.29, 1.82) is 0 Å². The maximum atomic E-state index is 13.6. The number of hydrogen-bond acceptors (Lipinski definition) is 3. The molecule has 104 valence electrons. The average molecular weight is 275 g/mol. The van der Waals surface area contributed by atoms with Crippen LogP contribution in [0.2, 0.25) is 0 Å². The van der Waals surface area contributed by atoms with Crippen LogP contribution in [0.5, 0.6) is 0 Å². The van der Waals surface area contributed by atoms with Gasteiger partial charge in [0.15, 0.2) is 0 Å². The highest BCUT2D eigenvalue weighted by atomic mass is 19.1. The molecule has 0 spiro atoms. The summed E-state index contributed by atoms with van der Waals surface area (Å²) in [5.41, 5.74) is 1.06. The minimum absolute atomic E-state index is 0.236. The summed E-state index contributed by atoms with van der Waals surface area (Å²) < 4.78 is 15.3.